The Bertz CT molecular complexity index is 718. The largest absolute Gasteiger partial charge is 0.431 e. The van der Waals surface area contributed by atoms with E-state index in [0.29, 0.717) is 5.82 Å². The number of aryl methyl sites for hydroxylation is 1. The lowest BCUT2D eigenvalue weighted by molar-refractivity contribution is -0.140. The average molecular weight is 344 g/mol. The molecule has 1 unspecified atom stereocenters. The number of nitrogens with one attached hydrogen (secondary N) is 2. The topological polar surface area (TPSA) is 82.9 Å². The van der Waals surface area contributed by atoms with E-state index < -0.39 is 29.2 Å². The number of aromatic amines is 1. The molecule has 6 nitrogen and oxygen atoms in total. The average Bonchev–Trinajstić information content (AvgIpc) is 3.13. The van der Waals surface area contributed by atoms with Crippen LogP contribution in [0.15, 0.2) is 24.7 Å². The minimum absolute atomic E-state index is 0.143. The zero-order valence-corrected chi connectivity index (χ0v) is 13.5. The van der Waals surface area contributed by atoms with Crippen LogP contribution in [0, 0.1) is 5.41 Å². The summed E-state index contributed by atoms with van der Waals surface area (Å²) in [6.45, 7) is 3.21. The number of carbonyl (C=O) groups excluding carboxylic acids is 1. The van der Waals surface area contributed by atoms with Crippen molar-refractivity contribution in [3.63, 3.8) is 0 Å². The second-order valence-electron chi connectivity index (χ2n) is 6.25. The van der Waals surface area contributed by atoms with Crippen LogP contribution in [0.5, 0.6) is 0 Å². The molecule has 0 fully saturated rings. The molecule has 0 aliphatic rings. The van der Waals surface area contributed by atoms with Crippen LogP contribution in [0.25, 0.3) is 0 Å². The molecule has 24 heavy (non-hydrogen) atoms. The van der Waals surface area contributed by atoms with Crippen LogP contribution >= 0.6 is 0 Å². The Labute approximate surface area is 136 Å². The minimum atomic E-state index is -4.55. The number of aliphatic hydroxyl groups excluding tert-OH is 1. The Morgan fingerprint density at radius 3 is 2.58 bits per heavy atom. The Kier molecular flexibility index (Phi) is 4.75. The Morgan fingerprint density at radius 1 is 1.46 bits per heavy atom. The number of alkyl halides is 3. The molecule has 0 aliphatic carbocycles. The minimum Gasteiger partial charge on any atom is -0.396 e. The van der Waals surface area contributed by atoms with Gasteiger partial charge < -0.3 is 20.0 Å². The van der Waals surface area contributed by atoms with Gasteiger partial charge in [-0.15, -0.1) is 0 Å². The van der Waals surface area contributed by atoms with Crippen molar-refractivity contribution in [1.29, 1.82) is 0 Å². The van der Waals surface area contributed by atoms with Crippen molar-refractivity contribution in [2.75, 3.05) is 6.61 Å². The van der Waals surface area contributed by atoms with Crippen LogP contribution in [-0.2, 0) is 13.2 Å². The maximum Gasteiger partial charge on any atom is 0.431 e. The fourth-order valence-corrected chi connectivity index (χ4v) is 2.26. The lowest BCUT2D eigenvalue weighted by Gasteiger charge is -2.32. The number of hydrogen-bond donors (Lipinski definition) is 3. The van der Waals surface area contributed by atoms with Crippen molar-refractivity contribution < 1.29 is 23.1 Å². The summed E-state index contributed by atoms with van der Waals surface area (Å²) in [5.41, 5.74) is -1.91. The summed E-state index contributed by atoms with van der Waals surface area (Å²) in [4.78, 5) is 18.6. The molecular formula is C15H19F3N4O2. The van der Waals surface area contributed by atoms with Gasteiger partial charge in [-0.05, 0) is 6.07 Å². The third kappa shape index (κ3) is 3.61. The molecule has 0 aromatic carbocycles. The maximum atomic E-state index is 12.6. The summed E-state index contributed by atoms with van der Waals surface area (Å²) >= 11 is 0. The molecule has 0 saturated heterocycles. The SMILES string of the molecule is Cn1ccnc1C(NC(=O)c1c[nH]c(C(F)(F)F)c1)C(C)(C)CO. The third-order valence-electron chi connectivity index (χ3n) is 3.83. The fraction of sp³-hybridized carbons (Fsp3) is 0.467. The van der Waals surface area contributed by atoms with Gasteiger partial charge >= 0.3 is 6.18 Å². The van der Waals surface area contributed by atoms with Gasteiger partial charge in [0.05, 0.1) is 18.2 Å². The molecule has 0 spiro atoms. The predicted octanol–water partition coefficient (Wildman–Crippen LogP) is 2.26. The maximum absolute atomic E-state index is 12.6. The smallest absolute Gasteiger partial charge is 0.396 e. The standard InChI is InChI=1S/C15H19F3N4O2/c1-14(2,8-23)11(12-19-4-5-22(12)3)21-13(24)9-6-10(20-7-9)15(16,17)18/h4-7,11,20,23H,8H2,1-3H3,(H,21,24). The second-order valence-corrected chi connectivity index (χ2v) is 6.25. The van der Waals surface area contributed by atoms with E-state index in [1.165, 1.54) is 0 Å². The van der Waals surface area contributed by atoms with Gasteiger partial charge in [0.2, 0.25) is 0 Å². The lowest BCUT2D eigenvalue weighted by atomic mass is 9.84. The quantitative estimate of drug-likeness (QED) is 0.778. The van der Waals surface area contributed by atoms with Crippen molar-refractivity contribution in [3.8, 4) is 0 Å². The molecule has 132 valence electrons. The highest BCUT2D eigenvalue weighted by Crippen LogP contribution is 2.33. The van der Waals surface area contributed by atoms with E-state index in [1.54, 1.807) is 37.9 Å². The number of H-pyrrole nitrogens is 1. The van der Waals surface area contributed by atoms with Crippen LogP contribution in [0.4, 0.5) is 13.2 Å². The Morgan fingerprint density at radius 2 is 2.12 bits per heavy atom. The van der Waals surface area contributed by atoms with Crippen LogP contribution in [0.3, 0.4) is 0 Å². The van der Waals surface area contributed by atoms with E-state index in [2.05, 4.69) is 10.3 Å². The molecule has 9 heteroatoms. The molecule has 0 bridgehead atoms. The molecule has 3 N–H and O–H groups in total. The molecule has 0 aliphatic heterocycles. The van der Waals surface area contributed by atoms with E-state index in [1.807, 2.05) is 4.98 Å². The number of hydrogen-bond acceptors (Lipinski definition) is 3. The highest BCUT2D eigenvalue weighted by Gasteiger charge is 2.36. The monoisotopic (exact) mass is 344 g/mol. The molecule has 1 atom stereocenters. The summed E-state index contributed by atoms with van der Waals surface area (Å²) in [6, 6.07) is 0.0655. The fourth-order valence-electron chi connectivity index (χ4n) is 2.26. The van der Waals surface area contributed by atoms with Crippen LogP contribution in [0.1, 0.15) is 41.8 Å². The van der Waals surface area contributed by atoms with E-state index in [4.69, 9.17) is 0 Å². The van der Waals surface area contributed by atoms with E-state index in [9.17, 15) is 23.1 Å². The second kappa shape index (κ2) is 6.31. The van der Waals surface area contributed by atoms with Crippen LogP contribution in [-0.4, -0.2) is 32.2 Å². The Balaban J connectivity index is 2.28. The molecule has 2 rings (SSSR count). The number of halogens is 3. The summed E-state index contributed by atoms with van der Waals surface area (Å²) in [5, 5.41) is 12.3. The first-order valence-corrected chi connectivity index (χ1v) is 7.21. The van der Waals surface area contributed by atoms with Gasteiger partial charge in [0.25, 0.3) is 5.91 Å². The van der Waals surface area contributed by atoms with Crippen molar-refractivity contribution in [2.24, 2.45) is 12.5 Å². The number of imidazole rings is 1. The molecule has 2 heterocycles. The van der Waals surface area contributed by atoms with Crippen LogP contribution < -0.4 is 5.32 Å². The normalized spacial score (nSPS) is 13.8. The van der Waals surface area contributed by atoms with Gasteiger partial charge in [0, 0.05) is 31.1 Å². The zero-order valence-electron chi connectivity index (χ0n) is 13.5. The van der Waals surface area contributed by atoms with Crippen molar-refractivity contribution in [2.45, 2.75) is 26.1 Å². The van der Waals surface area contributed by atoms with Gasteiger partial charge in [0.15, 0.2) is 0 Å². The highest BCUT2D eigenvalue weighted by molar-refractivity contribution is 5.94. The molecule has 0 radical (unpaired) electrons. The molecule has 1 amide bonds. The summed E-state index contributed by atoms with van der Waals surface area (Å²) < 4.78 is 39.6. The van der Waals surface area contributed by atoms with Crippen molar-refractivity contribution >= 4 is 5.91 Å². The number of nitrogens with zero attached hydrogens (tertiary/aromatic N) is 2. The van der Waals surface area contributed by atoms with E-state index in [-0.39, 0.29) is 12.2 Å². The van der Waals surface area contributed by atoms with Gasteiger partial charge in [-0.3, -0.25) is 4.79 Å². The summed E-state index contributed by atoms with van der Waals surface area (Å²) in [7, 11) is 1.73. The Hall–Kier alpha value is -2.29. The van der Waals surface area contributed by atoms with E-state index in [0.717, 1.165) is 12.3 Å². The molecule has 2 aromatic heterocycles. The zero-order chi connectivity index (χ0) is 18.1. The summed E-state index contributed by atoms with van der Waals surface area (Å²) in [5.74, 6) is -0.190. The highest BCUT2D eigenvalue weighted by atomic mass is 19.4. The van der Waals surface area contributed by atoms with Gasteiger partial charge in [-0.2, -0.15) is 13.2 Å². The van der Waals surface area contributed by atoms with Crippen molar-refractivity contribution in [1.82, 2.24) is 19.9 Å². The number of aliphatic hydroxyl groups is 1. The number of amides is 1. The molecular weight excluding hydrogens is 325 g/mol. The predicted molar refractivity (Wildman–Crippen MR) is 80.1 cm³/mol. The van der Waals surface area contributed by atoms with Crippen molar-refractivity contribution in [3.05, 3.63) is 41.7 Å². The third-order valence-corrected chi connectivity index (χ3v) is 3.83. The molecule has 0 saturated carbocycles. The van der Waals surface area contributed by atoms with Gasteiger partial charge in [0.1, 0.15) is 11.5 Å². The van der Waals surface area contributed by atoms with E-state index >= 15 is 0 Å². The number of carbonyl (C=O) groups is 1. The first-order chi connectivity index (χ1) is 11.1. The van der Waals surface area contributed by atoms with Crippen LogP contribution in [0.2, 0.25) is 0 Å². The lowest BCUT2D eigenvalue weighted by Crippen LogP contribution is -2.41. The first-order valence-electron chi connectivity index (χ1n) is 7.21. The first kappa shape index (κ1) is 18.1. The van der Waals surface area contributed by atoms with Gasteiger partial charge in [-0.25, -0.2) is 4.98 Å². The number of rotatable bonds is 5. The van der Waals surface area contributed by atoms with Gasteiger partial charge in [-0.1, -0.05) is 13.8 Å². The number of aromatic nitrogens is 3. The molecule has 2 aromatic rings. The summed E-state index contributed by atoms with van der Waals surface area (Å²) in [6.07, 6.45) is -0.332.